The quantitative estimate of drug-likeness (QED) is 0.276. The third-order valence-electron chi connectivity index (χ3n) is 6.39. The van der Waals surface area contributed by atoms with Gasteiger partial charge in [-0.1, -0.05) is 74.5 Å². The summed E-state index contributed by atoms with van der Waals surface area (Å²) in [4.78, 5) is 8.95. The standard InChI is InChI=1S/C31H28N2/c1-22(2)28-20-27-12-7-15-33-31(27)30(21-28)26-11-6-10-25(19-26)29(24-8-4-3-5-9-24)18-23-13-16-32-17-14-23/h3-17,19-22,29H,18H2,1-2H3. The average molecular weight is 429 g/mol. The van der Waals surface area contributed by atoms with Crippen LogP contribution in [-0.2, 0) is 6.42 Å². The molecule has 2 heteroatoms. The van der Waals surface area contributed by atoms with Crippen LogP contribution in [0, 0.1) is 0 Å². The lowest BCUT2D eigenvalue weighted by Gasteiger charge is -2.20. The van der Waals surface area contributed by atoms with E-state index in [0.717, 1.165) is 11.9 Å². The van der Waals surface area contributed by atoms with Crippen molar-refractivity contribution >= 4 is 10.9 Å². The molecule has 0 spiro atoms. The van der Waals surface area contributed by atoms with Crippen molar-refractivity contribution in [1.29, 1.82) is 0 Å². The highest BCUT2D eigenvalue weighted by Gasteiger charge is 2.17. The minimum Gasteiger partial charge on any atom is -0.265 e. The summed E-state index contributed by atoms with van der Waals surface area (Å²) >= 11 is 0. The number of pyridine rings is 2. The first-order valence-electron chi connectivity index (χ1n) is 11.6. The predicted octanol–water partition coefficient (Wildman–Crippen LogP) is 7.79. The molecule has 2 aromatic heterocycles. The van der Waals surface area contributed by atoms with Crippen LogP contribution in [0.25, 0.3) is 22.0 Å². The second-order valence-electron chi connectivity index (χ2n) is 8.95. The van der Waals surface area contributed by atoms with Crippen LogP contribution in [-0.4, -0.2) is 9.97 Å². The van der Waals surface area contributed by atoms with Crippen molar-refractivity contribution in [2.45, 2.75) is 32.1 Å². The summed E-state index contributed by atoms with van der Waals surface area (Å²) < 4.78 is 0. The van der Waals surface area contributed by atoms with Crippen molar-refractivity contribution in [3.8, 4) is 11.1 Å². The van der Waals surface area contributed by atoms with Gasteiger partial charge in [0.15, 0.2) is 0 Å². The normalized spacial score (nSPS) is 12.2. The van der Waals surface area contributed by atoms with E-state index in [9.17, 15) is 0 Å². The molecule has 33 heavy (non-hydrogen) atoms. The highest BCUT2D eigenvalue weighted by molar-refractivity contribution is 5.94. The first-order valence-corrected chi connectivity index (χ1v) is 11.6. The van der Waals surface area contributed by atoms with Crippen LogP contribution in [0.2, 0.25) is 0 Å². The van der Waals surface area contributed by atoms with E-state index < -0.39 is 0 Å². The molecule has 162 valence electrons. The summed E-state index contributed by atoms with van der Waals surface area (Å²) in [6, 6.07) is 32.8. The van der Waals surface area contributed by atoms with Crippen LogP contribution in [0.15, 0.2) is 110 Å². The van der Waals surface area contributed by atoms with Crippen LogP contribution in [0.1, 0.15) is 47.9 Å². The Balaban J connectivity index is 1.63. The molecule has 0 bridgehead atoms. The second kappa shape index (κ2) is 9.38. The maximum atomic E-state index is 4.75. The number of hydrogen-bond acceptors (Lipinski definition) is 2. The molecule has 0 aliphatic heterocycles. The van der Waals surface area contributed by atoms with Gasteiger partial charge in [-0.3, -0.25) is 9.97 Å². The smallest absolute Gasteiger partial charge is 0.0780 e. The number of hydrogen-bond donors (Lipinski definition) is 0. The molecule has 0 saturated heterocycles. The molecule has 0 N–H and O–H groups in total. The Morgan fingerprint density at radius 1 is 0.667 bits per heavy atom. The summed E-state index contributed by atoms with van der Waals surface area (Å²) in [5, 5.41) is 1.19. The number of rotatable bonds is 6. The maximum Gasteiger partial charge on any atom is 0.0780 e. The van der Waals surface area contributed by atoms with Gasteiger partial charge in [-0.15, -0.1) is 0 Å². The maximum absolute atomic E-state index is 4.75. The van der Waals surface area contributed by atoms with Crippen molar-refractivity contribution in [3.05, 3.63) is 132 Å². The number of fused-ring (bicyclic) bond motifs is 1. The summed E-state index contributed by atoms with van der Waals surface area (Å²) in [6.07, 6.45) is 6.58. The van der Waals surface area contributed by atoms with Crippen LogP contribution in [0.4, 0.5) is 0 Å². The van der Waals surface area contributed by atoms with Crippen molar-refractivity contribution in [2.75, 3.05) is 0 Å². The van der Waals surface area contributed by atoms with Gasteiger partial charge >= 0.3 is 0 Å². The van der Waals surface area contributed by atoms with Gasteiger partial charge in [0.1, 0.15) is 0 Å². The van der Waals surface area contributed by atoms with Gasteiger partial charge in [0.25, 0.3) is 0 Å². The van der Waals surface area contributed by atoms with Crippen LogP contribution in [0.3, 0.4) is 0 Å². The Morgan fingerprint density at radius 3 is 2.24 bits per heavy atom. The van der Waals surface area contributed by atoms with Gasteiger partial charge < -0.3 is 0 Å². The lowest BCUT2D eigenvalue weighted by Crippen LogP contribution is -2.05. The number of benzene rings is 3. The van der Waals surface area contributed by atoms with E-state index >= 15 is 0 Å². The SMILES string of the molecule is CC(C)c1cc(-c2cccc(C(Cc3ccncc3)c3ccccc3)c2)c2ncccc2c1. The molecule has 1 atom stereocenters. The molecule has 0 amide bonds. The summed E-state index contributed by atoms with van der Waals surface area (Å²) in [5.41, 5.74) is 8.75. The molecule has 2 heterocycles. The summed E-state index contributed by atoms with van der Waals surface area (Å²) in [6.45, 7) is 4.50. The molecule has 5 aromatic rings. The van der Waals surface area contributed by atoms with Gasteiger partial charge in [-0.25, -0.2) is 0 Å². The van der Waals surface area contributed by atoms with Crippen LogP contribution >= 0.6 is 0 Å². The van der Waals surface area contributed by atoms with Gasteiger partial charge in [0.05, 0.1) is 5.52 Å². The van der Waals surface area contributed by atoms with E-state index in [1.807, 2.05) is 24.7 Å². The first-order chi connectivity index (χ1) is 16.2. The lowest BCUT2D eigenvalue weighted by molar-refractivity contribution is 0.804. The molecule has 0 aliphatic carbocycles. The van der Waals surface area contributed by atoms with Crippen molar-refractivity contribution in [3.63, 3.8) is 0 Å². The predicted molar refractivity (Wildman–Crippen MR) is 137 cm³/mol. The highest BCUT2D eigenvalue weighted by Crippen LogP contribution is 2.35. The molecule has 0 aliphatic rings. The zero-order chi connectivity index (χ0) is 22.6. The number of aromatic nitrogens is 2. The molecular formula is C31H28N2. The van der Waals surface area contributed by atoms with E-state index in [2.05, 4.69) is 104 Å². The Morgan fingerprint density at radius 2 is 1.45 bits per heavy atom. The van der Waals surface area contributed by atoms with Crippen molar-refractivity contribution < 1.29 is 0 Å². The lowest BCUT2D eigenvalue weighted by atomic mass is 9.84. The van der Waals surface area contributed by atoms with E-state index in [-0.39, 0.29) is 5.92 Å². The van der Waals surface area contributed by atoms with Gasteiger partial charge in [-0.05, 0) is 70.5 Å². The molecule has 0 saturated carbocycles. The third kappa shape index (κ3) is 4.56. The zero-order valence-electron chi connectivity index (χ0n) is 19.1. The molecule has 2 nitrogen and oxygen atoms in total. The van der Waals surface area contributed by atoms with Gasteiger partial charge in [0.2, 0.25) is 0 Å². The largest absolute Gasteiger partial charge is 0.265 e. The average Bonchev–Trinajstić information content (AvgIpc) is 2.88. The minimum absolute atomic E-state index is 0.265. The molecular weight excluding hydrogens is 400 g/mol. The summed E-state index contributed by atoms with van der Waals surface area (Å²) in [5.74, 6) is 0.723. The fourth-order valence-corrected chi connectivity index (χ4v) is 4.56. The van der Waals surface area contributed by atoms with Gasteiger partial charge in [0, 0.05) is 35.5 Å². The fraction of sp³-hybridized carbons (Fsp3) is 0.161. The highest BCUT2D eigenvalue weighted by atomic mass is 14.6. The van der Waals surface area contributed by atoms with E-state index in [1.54, 1.807) is 0 Å². The van der Waals surface area contributed by atoms with E-state index in [1.165, 1.54) is 38.8 Å². The fourth-order valence-electron chi connectivity index (χ4n) is 4.56. The Labute approximate surface area is 196 Å². The Bertz CT molecular complexity index is 1360. The number of nitrogens with zero attached hydrogens (tertiary/aromatic N) is 2. The molecule has 0 radical (unpaired) electrons. The summed E-state index contributed by atoms with van der Waals surface area (Å²) in [7, 11) is 0. The van der Waals surface area contributed by atoms with Crippen LogP contribution < -0.4 is 0 Å². The monoisotopic (exact) mass is 428 g/mol. The Kier molecular flexibility index (Phi) is 5.99. The zero-order valence-corrected chi connectivity index (χ0v) is 19.1. The molecule has 3 aromatic carbocycles. The van der Waals surface area contributed by atoms with Crippen molar-refractivity contribution in [1.82, 2.24) is 9.97 Å². The first kappa shape index (κ1) is 21.1. The molecule has 5 rings (SSSR count). The topological polar surface area (TPSA) is 25.8 Å². The minimum atomic E-state index is 0.265. The molecule has 1 unspecified atom stereocenters. The molecule has 0 fully saturated rings. The third-order valence-corrected chi connectivity index (χ3v) is 6.39. The second-order valence-corrected chi connectivity index (χ2v) is 8.95. The van der Waals surface area contributed by atoms with E-state index in [4.69, 9.17) is 4.98 Å². The van der Waals surface area contributed by atoms with Crippen LogP contribution in [0.5, 0.6) is 0 Å². The van der Waals surface area contributed by atoms with Gasteiger partial charge in [-0.2, -0.15) is 0 Å². The van der Waals surface area contributed by atoms with E-state index in [0.29, 0.717) is 5.92 Å². The van der Waals surface area contributed by atoms with Crippen molar-refractivity contribution in [2.24, 2.45) is 0 Å². The Hall–Kier alpha value is -3.78.